The predicted octanol–water partition coefficient (Wildman–Crippen LogP) is 8.83. The summed E-state index contributed by atoms with van der Waals surface area (Å²) < 4.78 is 16.5. The zero-order valence-corrected chi connectivity index (χ0v) is 26.2. The van der Waals surface area contributed by atoms with Gasteiger partial charge in [-0.05, 0) is 116 Å². The van der Waals surface area contributed by atoms with Gasteiger partial charge >= 0.3 is 11.9 Å². The van der Waals surface area contributed by atoms with Crippen molar-refractivity contribution in [1.82, 2.24) is 0 Å². The molecule has 1 aliphatic rings. The van der Waals surface area contributed by atoms with Crippen molar-refractivity contribution < 1.29 is 23.8 Å². The number of hydrogen-bond donors (Lipinski definition) is 2. The molecule has 0 aromatic heterocycles. The van der Waals surface area contributed by atoms with Crippen LogP contribution in [-0.2, 0) is 9.53 Å². The molecule has 44 heavy (non-hydrogen) atoms. The highest BCUT2D eigenvalue weighted by atomic mass is 32.1. The summed E-state index contributed by atoms with van der Waals surface area (Å²) in [7, 11) is 0. The highest BCUT2D eigenvalue weighted by Crippen LogP contribution is 2.39. The van der Waals surface area contributed by atoms with Crippen LogP contribution in [0.1, 0.15) is 85.2 Å². The van der Waals surface area contributed by atoms with Crippen LogP contribution in [0.25, 0.3) is 11.1 Å². The third-order valence-corrected chi connectivity index (χ3v) is 8.57. The van der Waals surface area contributed by atoms with Gasteiger partial charge in [0.1, 0.15) is 11.5 Å². The van der Waals surface area contributed by atoms with Crippen LogP contribution >= 0.6 is 12.6 Å². The molecule has 3 aromatic rings. The molecule has 1 N–H and O–H groups in total. The lowest BCUT2D eigenvalue weighted by atomic mass is 9.77. The van der Waals surface area contributed by atoms with Crippen LogP contribution in [0.5, 0.6) is 11.5 Å². The van der Waals surface area contributed by atoms with E-state index < -0.39 is 11.9 Å². The van der Waals surface area contributed by atoms with Crippen LogP contribution in [0.4, 0.5) is 0 Å². The molecule has 0 heterocycles. The summed E-state index contributed by atoms with van der Waals surface area (Å²) in [4.78, 5) is 24.0. The largest absolute Gasteiger partial charge is 0.494 e. The number of nitrogens with one attached hydrogen (secondary N) is 1. The van der Waals surface area contributed by atoms with Crippen molar-refractivity contribution in [3.05, 3.63) is 96.1 Å². The van der Waals surface area contributed by atoms with Gasteiger partial charge in [0, 0.05) is 17.9 Å². The Labute approximate surface area is 266 Å². The highest BCUT2D eigenvalue weighted by Gasteiger charge is 2.23. The average Bonchev–Trinajstić information content (AvgIpc) is 3.07. The Hall–Kier alpha value is -3.84. The van der Waals surface area contributed by atoms with Gasteiger partial charge in [-0.3, -0.25) is 0 Å². The molecule has 6 nitrogen and oxygen atoms in total. The number of rotatable bonds is 16. The van der Waals surface area contributed by atoms with Gasteiger partial charge in [-0.1, -0.05) is 49.8 Å². The summed E-state index contributed by atoms with van der Waals surface area (Å²) in [6.45, 7) is 4.26. The highest BCUT2D eigenvalue weighted by molar-refractivity contribution is 7.80. The van der Waals surface area contributed by atoms with E-state index in [9.17, 15) is 9.59 Å². The lowest BCUT2D eigenvalue weighted by molar-refractivity contribution is -0.137. The Morgan fingerprint density at radius 1 is 0.864 bits per heavy atom. The third-order valence-electron chi connectivity index (χ3n) is 8.26. The van der Waals surface area contributed by atoms with Crippen molar-refractivity contribution in [1.29, 1.82) is 5.41 Å². The molecule has 232 valence electrons. The molecular weight excluding hydrogens is 570 g/mol. The summed E-state index contributed by atoms with van der Waals surface area (Å²) in [5.41, 5.74) is 4.27. The fourth-order valence-corrected chi connectivity index (χ4v) is 5.91. The van der Waals surface area contributed by atoms with Gasteiger partial charge in [-0.15, -0.1) is 0 Å². The minimum absolute atomic E-state index is 0.353. The standard InChI is InChI=1S/C37H43NO5S/c1-2-36(39)42-23-5-4-22-41-34-19-16-29(17-20-34)28-12-14-31(15-13-28)37(40)43-35-21-18-32(25-33(35)26-38)30-10-8-27(9-11-30)7-3-6-24-44/h2,12-21,25-27,30,38,44H,1,3-11,22-24H2. The lowest BCUT2D eigenvalue weighted by Crippen LogP contribution is -2.14. The van der Waals surface area contributed by atoms with E-state index in [1.54, 1.807) is 12.1 Å². The lowest BCUT2D eigenvalue weighted by Gasteiger charge is -2.29. The van der Waals surface area contributed by atoms with Crippen molar-refractivity contribution in [3.63, 3.8) is 0 Å². The Morgan fingerprint density at radius 2 is 1.55 bits per heavy atom. The van der Waals surface area contributed by atoms with E-state index in [2.05, 4.69) is 25.3 Å². The second kappa shape index (κ2) is 17.5. The number of esters is 2. The van der Waals surface area contributed by atoms with Crippen LogP contribution in [0, 0.1) is 11.3 Å². The first kappa shape index (κ1) is 33.1. The van der Waals surface area contributed by atoms with Crippen LogP contribution in [0.2, 0.25) is 0 Å². The van der Waals surface area contributed by atoms with E-state index in [0.717, 1.165) is 47.5 Å². The van der Waals surface area contributed by atoms with E-state index in [1.165, 1.54) is 56.7 Å². The molecule has 0 radical (unpaired) electrons. The number of ether oxygens (including phenoxy) is 3. The third kappa shape index (κ3) is 9.84. The second-order valence-corrected chi connectivity index (χ2v) is 11.7. The minimum Gasteiger partial charge on any atom is -0.494 e. The Balaban J connectivity index is 1.27. The molecule has 0 atom stereocenters. The normalized spacial score (nSPS) is 16.1. The maximum atomic E-state index is 13.0. The van der Waals surface area contributed by atoms with E-state index in [-0.39, 0.29) is 0 Å². The first-order valence-electron chi connectivity index (χ1n) is 15.6. The fourth-order valence-electron chi connectivity index (χ4n) is 5.68. The molecule has 0 bridgehead atoms. The first-order valence-corrected chi connectivity index (χ1v) is 16.2. The molecule has 0 spiro atoms. The number of carbonyl (C=O) groups is 2. The molecule has 0 amide bonds. The van der Waals surface area contributed by atoms with E-state index >= 15 is 0 Å². The van der Waals surface area contributed by atoms with Gasteiger partial charge in [-0.25, -0.2) is 9.59 Å². The number of unbranched alkanes of at least 4 members (excludes halogenated alkanes) is 2. The quantitative estimate of drug-likeness (QED) is 0.0421. The van der Waals surface area contributed by atoms with Gasteiger partial charge in [0.25, 0.3) is 0 Å². The van der Waals surface area contributed by atoms with Gasteiger partial charge in [0.2, 0.25) is 0 Å². The molecule has 0 unspecified atom stereocenters. The molecule has 1 saturated carbocycles. The number of carbonyl (C=O) groups excluding carboxylic acids is 2. The molecule has 1 fully saturated rings. The van der Waals surface area contributed by atoms with Crippen molar-refractivity contribution in [3.8, 4) is 22.6 Å². The van der Waals surface area contributed by atoms with Crippen LogP contribution in [-0.4, -0.2) is 37.1 Å². The van der Waals surface area contributed by atoms with Crippen LogP contribution in [0.3, 0.4) is 0 Å². The second-order valence-electron chi connectivity index (χ2n) is 11.3. The van der Waals surface area contributed by atoms with Crippen molar-refractivity contribution >= 4 is 30.8 Å². The number of hydrogen-bond acceptors (Lipinski definition) is 7. The zero-order chi connectivity index (χ0) is 31.1. The average molecular weight is 614 g/mol. The first-order chi connectivity index (χ1) is 21.5. The van der Waals surface area contributed by atoms with Gasteiger partial charge in [0.05, 0.1) is 18.8 Å². The van der Waals surface area contributed by atoms with Gasteiger partial charge in [-0.2, -0.15) is 12.6 Å². The summed E-state index contributed by atoms with van der Waals surface area (Å²) >= 11 is 4.33. The zero-order valence-electron chi connectivity index (χ0n) is 25.3. The Bertz CT molecular complexity index is 1380. The van der Waals surface area contributed by atoms with Crippen molar-refractivity contribution in [2.75, 3.05) is 19.0 Å². The minimum atomic E-state index is -0.447. The van der Waals surface area contributed by atoms with Crippen LogP contribution in [0.15, 0.2) is 79.4 Å². The van der Waals surface area contributed by atoms with Gasteiger partial charge in [0.15, 0.2) is 0 Å². The van der Waals surface area contributed by atoms with Crippen LogP contribution < -0.4 is 9.47 Å². The molecule has 0 saturated heterocycles. The van der Waals surface area contributed by atoms with E-state index in [0.29, 0.717) is 36.0 Å². The molecule has 4 rings (SSSR count). The predicted molar refractivity (Wildman–Crippen MR) is 179 cm³/mol. The monoisotopic (exact) mass is 613 g/mol. The van der Waals surface area contributed by atoms with E-state index in [4.69, 9.17) is 19.6 Å². The van der Waals surface area contributed by atoms with Crippen molar-refractivity contribution in [2.45, 2.75) is 63.7 Å². The van der Waals surface area contributed by atoms with E-state index in [1.807, 2.05) is 48.5 Å². The molecule has 3 aromatic carbocycles. The number of thiol groups is 1. The van der Waals surface area contributed by atoms with Crippen molar-refractivity contribution in [2.24, 2.45) is 5.92 Å². The maximum Gasteiger partial charge on any atom is 0.343 e. The fraction of sp³-hybridized carbons (Fsp3) is 0.378. The summed E-state index contributed by atoms with van der Waals surface area (Å²) in [5, 5.41) is 7.94. The SMILES string of the molecule is C=CC(=O)OCCCCOc1ccc(-c2ccc(C(=O)Oc3ccc(C4CCC(CCCCS)CC4)cc3C=N)cc2)cc1. The van der Waals surface area contributed by atoms with Gasteiger partial charge < -0.3 is 19.6 Å². The molecule has 7 heteroatoms. The Morgan fingerprint density at radius 3 is 2.20 bits per heavy atom. The topological polar surface area (TPSA) is 85.7 Å². The summed E-state index contributed by atoms with van der Waals surface area (Å²) in [5.74, 6) is 2.59. The molecule has 0 aliphatic heterocycles. The summed E-state index contributed by atoms with van der Waals surface area (Å²) in [6, 6.07) is 21.0. The molecular formula is C37H43NO5S. The summed E-state index contributed by atoms with van der Waals surface area (Å²) in [6.07, 6.45) is 12.5. The maximum absolute atomic E-state index is 13.0. The number of benzene rings is 3. The Kier molecular flexibility index (Phi) is 13.1. The molecule has 1 aliphatic carbocycles. The smallest absolute Gasteiger partial charge is 0.343 e.